The first kappa shape index (κ1) is 18.2. The number of rotatable bonds is 7. The lowest BCUT2D eigenvalue weighted by Gasteiger charge is -2.09. The van der Waals surface area contributed by atoms with Gasteiger partial charge in [0.15, 0.2) is 0 Å². The molecule has 0 fully saturated rings. The molecule has 1 heterocycles. The molecule has 2 aromatic carbocycles. The summed E-state index contributed by atoms with van der Waals surface area (Å²) in [6, 6.07) is 15.5. The van der Waals surface area contributed by atoms with Crippen molar-refractivity contribution in [3.63, 3.8) is 0 Å². The number of nitrogens with zero attached hydrogens (tertiary/aromatic N) is 1. The Bertz CT molecular complexity index is 894. The van der Waals surface area contributed by atoms with E-state index in [2.05, 4.69) is 19.1 Å². The van der Waals surface area contributed by atoms with E-state index in [0.29, 0.717) is 25.4 Å². The van der Waals surface area contributed by atoms with E-state index in [4.69, 9.17) is 9.47 Å². The van der Waals surface area contributed by atoms with Gasteiger partial charge in [-0.2, -0.15) is 0 Å². The van der Waals surface area contributed by atoms with Gasteiger partial charge in [0.25, 0.3) is 5.91 Å². The molecule has 0 saturated heterocycles. The molecule has 26 heavy (non-hydrogen) atoms. The van der Waals surface area contributed by atoms with Crippen LogP contribution >= 0.6 is 0 Å². The number of aryl methyl sites for hydroxylation is 2. The smallest absolute Gasteiger partial charge is 0.262 e. The van der Waals surface area contributed by atoms with Crippen LogP contribution < -0.4 is 4.74 Å². The van der Waals surface area contributed by atoms with Crippen LogP contribution in [0.25, 0.3) is 10.9 Å². The van der Waals surface area contributed by atoms with Crippen LogP contribution in [0.2, 0.25) is 0 Å². The molecule has 0 amide bonds. The van der Waals surface area contributed by atoms with Gasteiger partial charge in [0.1, 0.15) is 12.4 Å². The molecular weight excluding hydrogens is 326 g/mol. The van der Waals surface area contributed by atoms with Crippen molar-refractivity contribution >= 4 is 16.8 Å². The molecule has 0 aliphatic rings. The van der Waals surface area contributed by atoms with Gasteiger partial charge >= 0.3 is 0 Å². The largest absolute Gasteiger partial charge is 0.491 e. The number of benzene rings is 2. The molecule has 0 radical (unpaired) electrons. The zero-order valence-corrected chi connectivity index (χ0v) is 15.6. The number of ether oxygens (including phenoxy) is 2. The quantitative estimate of drug-likeness (QED) is 0.583. The van der Waals surface area contributed by atoms with Crippen LogP contribution in [0.15, 0.2) is 48.5 Å². The van der Waals surface area contributed by atoms with Crippen LogP contribution in [0.3, 0.4) is 0 Å². The Morgan fingerprint density at radius 2 is 1.81 bits per heavy atom. The van der Waals surface area contributed by atoms with Gasteiger partial charge in [0.2, 0.25) is 0 Å². The van der Waals surface area contributed by atoms with Crippen LogP contribution in [0.1, 0.15) is 35.5 Å². The van der Waals surface area contributed by atoms with E-state index < -0.39 is 0 Å². The van der Waals surface area contributed by atoms with Gasteiger partial charge in [0, 0.05) is 23.3 Å². The third-order valence-electron chi connectivity index (χ3n) is 4.51. The van der Waals surface area contributed by atoms with Gasteiger partial charge in [0.05, 0.1) is 12.1 Å². The van der Waals surface area contributed by atoms with Crippen molar-refractivity contribution in [2.75, 3.05) is 19.8 Å². The Labute approximate surface area is 154 Å². The second-order valence-electron chi connectivity index (χ2n) is 6.20. The van der Waals surface area contributed by atoms with Gasteiger partial charge in [-0.15, -0.1) is 0 Å². The average Bonchev–Trinajstić information content (AvgIpc) is 3.01. The van der Waals surface area contributed by atoms with Gasteiger partial charge in [-0.25, -0.2) is 0 Å². The highest BCUT2D eigenvalue weighted by atomic mass is 16.5. The fraction of sp³-hybridized carbons (Fsp3) is 0.318. The van der Waals surface area contributed by atoms with Crippen LogP contribution in [-0.2, 0) is 11.2 Å². The SMILES string of the molecule is CCOCCOc1ccc(C(=O)n2c(C)cc3c(CC)cccc32)cc1. The third kappa shape index (κ3) is 3.65. The lowest BCUT2D eigenvalue weighted by Crippen LogP contribution is -2.13. The molecule has 0 N–H and O–H groups in total. The molecule has 3 aromatic rings. The maximum atomic E-state index is 13.1. The monoisotopic (exact) mass is 351 g/mol. The van der Waals surface area contributed by atoms with Crippen LogP contribution in [-0.4, -0.2) is 30.3 Å². The lowest BCUT2D eigenvalue weighted by molar-refractivity contribution is 0.0962. The zero-order valence-electron chi connectivity index (χ0n) is 15.6. The Morgan fingerprint density at radius 3 is 2.50 bits per heavy atom. The number of hydrogen-bond donors (Lipinski definition) is 0. The van der Waals surface area contributed by atoms with E-state index in [-0.39, 0.29) is 5.91 Å². The summed E-state index contributed by atoms with van der Waals surface area (Å²) < 4.78 is 12.7. The average molecular weight is 351 g/mol. The van der Waals surface area contributed by atoms with Crippen molar-refractivity contribution in [2.24, 2.45) is 0 Å². The molecule has 3 rings (SSSR count). The molecule has 0 aliphatic heterocycles. The van der Waals surface area contributed by atoms with Crippen molar-refractivity contribution in [1.82, 2.24) is 4.57 Å². The Hall–Kier alpha value is -2.59. The van der Waals surface area contributed by atoms with Gasteiger partial charge in [-0.3, -0.25) is 9.36 Å². The molecule has 4 nitrogen and oxygen atoms in total. The minimum atomic E-state index is -0.0216. The number of carbonyl (C=O) groups is 1. The van der Waals surface area contributed by atoms with Gasteiger partial charge in [-0.1, -0.05) is 19.1 Å². The molecule has 1 aromatic heterocycles. The Morgan fingerprint density at radius 1 is 1.04 bits per heavy atom. The van der Waals surface area contributed by atoms with E-state index in [1.165, 1.54) is 5.56 Å². The molecule has 0 saturated carbocycles. The normalized spacial score (nSPS) is 11.0. The molecule has 136 valence electrons. The van der Waals surface area contributed by atoms with E-state index in [1.807, 2.05) is 50.2 Å². The Balaban J connectivity index is 1.83. The first-order valence-electron chi connectivity index (χ1n) is 9.11. The number of hydrogen-bond acceptors (Lipinski definition) is 3. The van der Waals surface area contributed by atoms with Crippen molar-refractivity contribution in [3.05, 3.63) is 65.4 Å². The van der Waals surface area contributed by atoms with Crippen molar-refractivity contribution in [2.45, 2.75) is 27.2 Å². The van der Waals surface area contributed by atoms with E-state index in [9.17, 15) is 4.79 Å². The molecule has 0 bridgehead atoms. The summed E-state index contributed by atoms with van der Waals surface area (Å²) in [5.41, 5.74) is 3.81. The van der Waals surface area contributed by atoms with Crippen molar-refractivity contribution in [1.29, 1.82) is 0 Å². The van der Waals surface area contributed by atoms with Gasteiger partial charge in [-0.05, 0) is 62.2 Å². The summed E-state index contributed by atoms with van der Waals surface area (Å²) in [5.74, 6) is 0.718. The molecular formula is C22H25NO3. The highest BCUT2D eigenvalue weighted by molar-refractivity contribution is 6.03. The highest BCUT2D eigenvalue weighted by Crippen LogP contribution is 2.25. The summed E-state index contributed by atoms with van der Waals surface area (Å²) in [7, 11) is 0. The van der Waals surface area contributed by atoms with E-state index >= 15 is 0 Å². The lowest BCUT2D eigenvalue weighted by atomic mass is 10.1. The fourth-order valence-corrected chi connectivity index (χ4v) is 3.19. The molecule has 4 heteroatoms. The summed E-state index contributed by atoms with van der Waals surface area (Å²) >= 11 is 0. The minimum Gasteiger partial charge on any atom is -0.491 e. The number of fused-ring (bicyclic) bond motifs is 1. The zero-order chi connectivity index (χ0) is 18.5. The standard InChI is InChI=1S/C22H25NO3/c1-4-17-7-6-8-21-20(17)15-16(3)23(21)22(24)18-9-11-19(12-10-18)26-14-13-25-5-2/h6-12,15H,4-5,13-14H2,1-3H3. The molecule has 0 spiro atoms. The first-order valence-corrected chi connectivity index (χ1v) is 9.11. The third-order valence-corrected chi connectivity index (χ3v) is 4.51. The van der Waals surface area contributed by atoms with E-state index in [1.54, 1.807) is 4.57 Å². The number of carbonyl (C=O) groups excluding carboxylic acids is 1. The highest BCUT2D eigenvalue weighted by Gasteiger charge is 2.16. The molecule has 0 atom stereocenters. The summed E-state index contributed by atoms with van der Waals surface area (Å²) in [4.78, 5) is 13.1. The van der Waals surface area contributed by atoms with E-state index in [0.717, 1.165) is 28.8 Å². The number of aromatic nitrogens is 1. The fourth-order valence-electron chi connectivity index (χ4n) is 3.19. The summed E-state index contributed by atoms with van der Waals surface area (Å²) in [6.07, 6.45) is 0.947. The van der Waals surface area contributed by atoms with Crippen molar-refractivity contribution in [3.8, 4) is 5.75 Å². The Kier molecular flexibility index (Phi) is 5.74. The first-order chi connectivity index (χ1) is 12.7. The summed E-state index contributed by atoms with van der Waals surface area (Å²) in [5, 5.41) is 1.15. The minimum absolute atomic E-state index is 0.0216. The molecule has 0 unspecified atom stereocenters. The van der Waals surface area contributed by atoms with Gasteiger partial charge < -0.3 is 9.47 Å². The van der Waals surface area contributed by atoms with Crippen LogP contribution in [0.5, 0.6) is 5.75 Å². The van der Waals surface area contributed by atoms with Crippen LogP contribution in [0, 0.1) is 6.92 Å². The predicted molar refractivity (Wildman–Crippen MR) is 104 cm³/mol. The predicted octanol–water partition coefficient (Wildman–Crippen LogP) is 4.62. The maximum Gasteiger partial charge on any atom is 0.262 e. The van der Waals surface area contributed by atoms with Crippen molar-refractivity contribution < 1.29 is 14.3 Å². The summed E-state index contributed by atoms with van der Waals surface area (Å²) in [6.45, 7) is 7.81. The second-order valence-corrected chi connectivity index (χ2v) is 6.20. The topological polar surface area (TPSA) is 40.5 Å². The maximum absolute atomic E-state index is 13.1. The second kappa shape index (κ2) is 8.19. The molecule has 0 aliphatic carbocycles. The van der Waals surface area contributed by atoms with Crippen LogP contribution in [0.4, 0.5) is 0 Å².